The van der Waals surface area contributed by atoms with Gasteiger partial charge >= 0.3 is 4.36 Å². The summed E-state index contributed by atoms with van der Waals surface area (Å²) in [5, 5.41) is 0.412. The van der Waals surface area contributed by atoms with Crippen molar-refractivity contribution in [3.8, 4) is 0 Å². The van der Waals surface area contributed by atoms with E-state index in [0.717, 1.165) is 5.92 Å². The van der Waals surface area contributed by atoms with Gasteiger partial charge in [0.25, 0.3) is 0 Å². The van der Waals surface area contributed by atoms with Crippen LogP contribution in [-0.2, 0) is 0 Å². The van der Waals surface area contributed by atoms with Crippen LogP contribution in [0.5, 0.6) is 0 Å². The molecule has 0 saturated heterocycles. The van der Waals surface area contributed by atoms with Crippen LogP contribution in [0, 0.1) is 5.92 Å². The Balaban J connectivity index is 1.98. The Morgan fingerprint density at radius 3 is 2.67 bits per heavy atom. The summed E-state index contributed by atoms with van der Waals surface area (Å²) in [7, 11) is 0. The zero-order valence-corrected chi connectivity index (χ0v) is 13.5. The number of fused-ring (bicyclic) bond motifs is 1. The van der Waals surface area contributed by atoms with Gasteiger partial charge in [0.2, 0.25) is 0 Å². The highest BCUT2D eigenvalue weighted by molar-refractivity contribution is 9.49. The van der Waals surface area contributed by atoms with Gasteiger partial charge in [0.15, 0.2) is 0 Å². The topological polar surface area (TPSA) is 0 Å². The minimum atomic E-state index is 0.412. The van der Waals surface area contributed by atoms with Crippen molar-refractivity contribution in [3.05, 3.63) is 48.0 Å². The number of rotatable bonds is 2. The first-order chi connectivity index (χ1) is 8.74. The Morgan fingerprint density at radius 2 is 1.94 bits per heavy atom. The Bertz CT molecular complexity index is 443. The maximum absolute atomic E-state index is 3.82. The number of benzene rings is 1. The summed E-state index contributed by atoms with van der Waals surface area (Å²) in [4.78, 5) is 0. The summed E-state index contributed by atoms with van der Waals surface area (Å²) in [6, 6.07) is 11.0. The van der Waals surface area contributed by atoms with Crippen LogP contribution in [0.3, 0.4) is 0 Å². The Morgan fingerprint density at radius 1 is 1.17 bits per heavy atom. The van der Waals surface area contributed by atoms with Crippen molar-refractivity contribution in [2.24, 2.45) is 5.92 Å². The molecule has 0 nitrogen and oxygen atoms in total. The highest BCUT2D eigenvalue weighted by Gasteiger charge is 2.51. The third-order valence-electron chi connectivity index (χ3n) is 4.79. The maximum atomic E-state index is 3.82. The lowest BCUT2D eigenvalue weighted by Crippen LogP contribution is -2.33. The number of halogens is 2. The van der Waals surface area contributed by atoms with Crippen molar-refractivity contribution in [2.45, 2.75) is 36.9 Å². The minimum absolute atomic E-state index is 0.412. The van der Waals surface area contributed by atoms with E-state index in [9.17, 15) is 0 Å². The van der Waals surface area contributed by atoms with Crippen molar-refractivity contribution >= 4 is 35.9 Å². The molecule has 1 saturated carbocycles. The van der Waals surface area contributed by atoms with Gasteiger partial charge in [-0.3, -0.25) is 0 Å². The van der Waals surface area contributed by atoms with Crippen LogP contribution in [0.25, 0.3) is 0 Å². The highest BCUT2D eigenvalue weighted by Crippen LogP contribution is 2.63. The average molecular weight is 368 g/mol. The summed E-state index contributed by atoms with van der Waals surface area (Å²) >= 11 is 7.63. The fourth-order valence-corrected chi connectivity index (χ4v) is 5.37. The largest absolute Gasteiger partial charge is 0.305 e. The van der Waals surface area contributed by atoms with Crippen molar-refractivity contribution in [3.63, 3.8) is 0 Å². The standard InChI is InChI=1S/C15H17BBr2/c17-16(18)15-10-4-8-13(14(15)9-5-11-15)12-6-2-1-3-7-12/h1-4,6-8,13-14H,5,9-11H2/t13-,14-,15+/m0/s1. The fourth-order valence-electron chi connectivity index (χ4n) is 3.86. The van der Waals surface area contributed by atoms with Gasteiger partial charge in [-0.15, -0.1) is 31.5 Å². The molecule has 94 valence electrons. The summed E-state index contributed by atoms with van der Waals surface area (Å²) < 4.78 is 0.432. The van der Waals surface area contributed by atoms with Gasteiger partial charge in [-0.1, -0.05) is 55.3 Å². The summed E-state index contributed by atoms with van der Waals surface area (Å²) in [5.74, 6) is 1.37. The average Bonchev–Trinajstić information content (AvgIpc) is 2.84. The molecule has 3 atom stereocenters. The molecule has 3 rings (SSSR count). The van der Waals surface area contributed by atoms with Crippen molar-refractivity contribution < 1.29 is 0 Å². The molecule has 1 fully saturated rings. The molecule has 0 aliphatic heterocycles. The second-order valence-electron chi connectivity index (χ2n) is 5.60. The smallest absolute Gasteiger partial charge is 0.139 e. The lowest BCUT2D eigenvalue weighted by Gasteiger charge is -2.42. The van der Waals surface area contributed by atoms with Gasteiger partial charge in [0, 0.05) is 5.92 Å². The van der Waals surface area contributed by atoms with E-state index >= 15 is 0 Å². The Labute approximate surface area is 126 Å². The van der Waals surface area contributed by atoms with Crippen molar-refractivity contribution in [2.75, 3.05) is 0 Å². The van der Waals surface area contributed by atoms with Gasteiger partial charge in [-0.2, -0.15) is 0 Å². The molecular weight excluding hydrogens is 351 g/mol. The maximum Gasteiger partial charge on any atom is 0.305 e. The molecule has 1 aromatic carbocycles. The van der Waals surface area contributed by atoms with Crippen LogP contribution in [0.15, 0.2) is 42.5 Å². The van der Waals surface area contributed by atoms with Crippen LogP contribution in [0.4, 0.5) is 0 Å². The number of hydrogen-bond acceptors (Lipinski definition) is 0. The lowest BCUT2D eigenvalue weighted by atomic mass is 9.54. The van der Waals surface area contributed by atoms with Crippen LogP contribution in [-0.4, -0.2) is 4.36 Å². The molecule has 0 radical (unpaired) electrons. The Kier molecular flexibility index (Phi) is 3.73. The third-order valence-corrected chi connectivity index (χ3v) is 6.61. The van der Waals surface area contributed by atoms with Crippen LogP contribution in [0.2, 0.25) is 5.31 Å². The van der Waals surface area contributed by atoms with E-state index in [4.69, 9.17) is 0 Å². The molecule has 0 bridgehead atoms. The second-order valence-corrected chi connectivity index (χ2v) is 8.66. The molecule has 0 unspecified atom stereocenters. The summed E-state index contributed by atoms with van der Waals surface area (Å²) in [6.07, 6.45) is 10.1. The first-order valence-corrected chi connectivity index (χ1v) is 8.57. The quantitative estimate of drug-likeness (QED) is 0.475. The molecule has 1 aromatic rings. The van der Waals surface area contributed by atoms with Gasteiger partial charge < -0.3 is 0 Å². The first-order valence-electron chi connectivity index (χ1n) is 6.74. The minimum Gasteiger partial charge on any atom is -0.139 e. The van der Waals surface area contributed by atoms with Crippen molar-refractivity contribution in [1.82, 2.24) is 0 Å². The van der Waals surface area contributed by atoms with E-state index in [0.29, 0.717) is 15.6 Å². The lowest BCUT2D eigenvalue weighted by molar-refractivity contribution is 0.361. The molecule has 0 spiro atoms. The Hall–Kier alpha value is -0.0151. The third kappa shape index (κ3) is 2.04. The van der Waals surface area contributed by atoms with Crippen LogP contribution < -0.4 is 0 Å². The SMILES string of the molecule is BrB(Br)[C@@]12CC=C[C@@H](c3ccccc3)[C@@H]1CCC2. The molecule has 3 heteroatoms. The normalized spacial score (nSPS) is 34.3. The van der Waals surface area contributed by atoms with Gasteiger partial charge in [0.05, 0.1) is 0 Å². The number of allylic oxidation sites excluding steroid dienone is 2. The zero-order valence-electron chi connectivity index (χ0n) is 10.4. The summed E-state index contributed by atoms with van der Waals surface area (Å²) in [5.41, 5.74) is 1.48. The van der Waals surface area contributed by atoms with Crippen LogP contribution in [0.1, 0.15) is 37.2 Å². The second kappa shape index (κ2) is 5.17. The van der Waals surface area contributed by atoms with E-state index in [-0.39, 0.29) is 0 Å². The monoisotopic (exact) mass is 366 g/mol. The van der Waals surface area contributed by atoms with E-state index < -0.39 is 0 Å². The molecule has 0 amide bonds. The molecular formula is C15H17BBr2. The van der Waals surface area contributed by atoms with E-state index in [1.165, 1.54) is 31.2 Å². The summed E-state index contributed by atoms with van der Waals surface area (Å²) in [6.45, 7) is 0. The highest BCUT2D eigenvalue weighted by atomic mass is 79.9. The van der Waals surface area contributed by atoms with Gasteiger partial charge in [-0.25, -0.2) is 0 Å². The van der Waals surface area contributed by atoms with Gasteiger partial charge in [-0.05, 0) is 29.6 Å². The van der Waals surface area contributed by atoms with E-state index in [1.54, 1.807) is 0 Å². The molecule has 0 aromatic heterocycles. The van der Waals surface area contributed by atoms with Gasteiger partial charge in [0.1, 0.15) is 0 Å². The number of hydrogen-bond donors (Lipinski definition) is 0. The fraction of sp³-hybridized carbons (Fsp3) is 0.467. The molecule has 0 N–H and O–H groups in total. The first kappa shape index (κ1) is 13.0. The molecule has 0 heterocycles. The molecule has 2 aliphatic rings. The molecule has 2 aliphatic carbocycles. The van der Waals surface area contributed by atoms with Crippen LogP contribution >= 0.6 is 31.5 Å². The van der Waals surface area contributed by atoms with E-state index in [1.807, 2.05) is 0 Å². The predicted molar refractivity (Wildman–Crippen MR) is 86.6 cm³/mol. The molecule has 18 heavy (non-hydrogen) atoms. The van der Waals surface area contributed by atoms with Crippen molar-refractivity contribution in [1.29, 1.82) is 0 Å². The predicted octanol–water partition coefficient (Wildman–Crippen LogP) is 5.55. The van der Waals surface area contributed by atoms with E-state index in [2.05, 4.69) is 74.0 Å². The zero-order chi connectivity index (χ0) is 12.6.